The summed E-state index contributed by atoms with van der Waals surface area (Å²) in [6.07, 6.45) is -4.79. The molecule has 0 bridgehead atoms. The van der Waals surface area contributed by atoms with Crippen LogP contribution < -0.4 is 15.8 Å². The first-order valence-corrected chi connectivity index (χ1v) is 4.65. The van der Waals surface area contributed by atoms with Crippen LogP contribution in [0.25, 0.3) is 0 Å². The number of nitrogens with one attached hydrogen (secondary N) is 1. The molecule has 96 valence electrons. The highest BCUT2D eigenvalue weighted by Crippen LogP contribution is 2.31. The third kappa shape index (κ3) is 3.03. The number of nitrogens with zero attached hydrogens (tertiary/aromatic N) is 2. The Labute approximate surface area is 98.6 Å². The summed E-state index contributed by atoms with van der Waals surface area (Å²) in [6, 6.07) is 5.09. The van der Waals surface area contributed by atoms with E-state index in [9.17, 15) is 13.2 Å². The Hall–Kier alpha value is -2.45. The molecule has 1 aromatic carbocycles. The van der Waals surface area contributed by atoms with Crippen LogP contribution in [0.4, 0.5) is 30.9 Å². The normalized spacial score (nSPS) is 11.3. The zero-order valence-corrected chi connectivity index (χ0v) is 8.73. The van der Waals surface area contributed by atoms with Gasteiger partial charge < -0.3 is 20.2 Å². The molecule has 6 nitrogen and oxygen atoms in total. The summed E-state index contributed by atoms with van der Waals surface area (Å²) < 4.78 is 45.0. The number of nitrogens with two attached hydrogens (primary N) is 1. The number of ether oxygens (including phenoxy) is 1. The average molecular weight is 260 g/mol. The number of anilines is 3. The average Bonchev–Trinajstić information content (AvgIpc) is 2.65. The number of halogens is 3. The van der Waals surface area contributed by atoms with E-state index in [1.54, 1.807) is 0 Å². The lowest BCUT2D eigenvalue weighted by atomic mass is 10.3. The first-order valence-electron chi connectivity index (χ1n) is 4.65. The van der Waals surface area contributed by atoms with Gasteiger partial charge in [0, 0.05) is 0 Å². The lowest BCUT2D eigenvalue weighted by Gasteiger charge is -2.12. The highest BCUT2D eigenvalue weighted by atomic mass is 19.4. The minimum atomic E-state index is -4.79. The van der Waals surface area contributed by atoms with E-state index in [1.165, 1.54) is 18.2 Å². The van der Waals surface area contributed by atoms with E-state index in [2.05, 4.69) is 20.3 Å². The monoisotopic (exact) mass is 260 g/mol. The van der Waals surface area contributed by atoms with Crippen LogP contribution in [-0.4, -0.2) is 16.6 Å². The van der Waals surface area contributed by atoms with Crippen molar-refractivity contribution in [3.63, 3.8) is 0 Å². The number of para-hydroxylation sites is 2. The van der Waals surface area contributed by atoms with Gasteiger partial charge in [-0.3, -0.25) is 0 Å². The molecular formula is C9H7F3N4O2. The van der Waals surface area contributed by atoms with Gasteiger partial charge in [-0.2, -0.15) is 0 Å². The molecule has 2 rings (SSSR count). The Morgan fingerprint density at radius 1 is 1.22 bits per heavy atom. The SMILES string of the molecule is Nc1nnc(Nc2ccccc2OC(F)(F)F)o1. The molecule has 0 aliphatic carbocycles. The second kappa shape index (κ2) is 4.43. The van der Waals surface area contributed by atoms with E-state index < -0.39 is 12.1 Å². The summed E-state index contributed by atoms with van der Waals surface area (Å²) in [4.78, 5) is 0. The van der Waals surface area contributed by atoms with E-state index in [-0.39, 0.29) is 17.7 Å². The van der Waals surface area contributed by atoms with E-state index in [0.29, 0.717) is 0 Å². The van der Waals surface area contributed by atoms with Crippen LogP contribution in [0.2, 0.25) is 0 Å². The Morgan fingerprint density at radius 3 is 2.56 bits per heavy atom. The van der Waals surface area contributed by atoms with E-state index in [1.807, 2.05) is 0 Å². The van der Waals surface area contributed by atoms with Crippen LogP contribution in [0, 0.1) is 0 Å². The van der Waals surface area contributed by atoms with Crippen LogP contribution >= 0.6 is 0 Å². The van der Waals surface area contributed by atoms with Crippen LogP contribution in [0.3, 0.4) is 0 Å². The Kier molecular flexibility index (Phi) is 2.96. The third-order valence-corrected chi connectivity index (χ3v) is 1.79. The fourth-order valence-electron chi connectivity index (χ4n) is 1.18. The van der Waals surface area contributed by atoms with Crippen LogP contribution in [0.1, 0.15) is 0 Å². The summed E-state index contributed by atoms with van der Waals surface area (Å²) in [5, 5.41) is 9.28. The first-order chi connectivity index (χ1) is 8.44. The number of aromatic nitrogens is 2. The topological polar surface area (TPSA) is 86.2 Å². The second-order valence-electron chi connectivity index (χ2n) is 3.11. The Balaban J connectivity index is 2.22. The second-order valence-corrected chi connectivity index (χ2v) is 3.11. The Morgan fingerprint density at radius 2 is 1.94 bits per heavy atom. The van der Waals surface area contributed by atoms with Crippen molar-refractivity contribution in [2.24, 2.45) is 0 Å². The van der Waals surface area contributed by atoms with Gasteiger partial charge in [0.25, 0.3) is 0 Å². The fourth-order valence-corrected chi connectivity index (χ4v) is 1.18. The molecule has 0 saturated heterocycles. The molecule has 0 atom stereocenters. The van der Waals surface area contributed by atoms with E-state index in [4.69, 9.17) is 10.2 Å². The van der Waals surface area contributed by atoms with Gasteiger partial charge in [-0.15, -0.1) is 13.2 Å². The summed E-state index contributed by atoms with van der Waals surface area (Å²) in [5.41, 5.74) is 5.21. The van der Waals surface area contributed by atoms with Crippen molar-refractivity contribution in [1.82, 2.24) is 10.2 Å². The maximum atomic E-state index is 12.1. The summed E-state index contributed by atoms with van der Waals surface area (Å²) >= 11 is 0. The largest absolute Gasteiger partial charge is 0.573 e. The molecule has 2 aromatic rings. The van der Waals surface area contributed by atoms with Crippen molar-refractivity contribution in [2.75, 3.05) is 11.1 Å². The fraction of sp³-hybridized carbons (Fsp3) is 0.111. The molecule has 0 unspecified atom stereocenters. The lowest BCUT2D eigenvalue weighted by molar-refractivity contribution is -0.274. The van der Waals surface area contributed by atoms with Gasteiger partial charge in [-0.1, -0.05) is 22.3 Å². The molecule has 1 heterocycles. The maximum absolute atomic E-state index is 12.1. The summed E-state index contributed by atoms with van der Waals surface area (Å²) in [5.74, 6) is -0.415. The highest BCUT2D eigenvalue weighted by Gasteiger charge is 2.32. The molecule has 9 heteroatoms. The van der Waals surface area contributed by atoms with Crippen molar-refractivity contribution >= 4 is 17.7 Å². The quantitative estimate of drug-likeness (QED) is 0.880. The first kappa shape index (κ1) is 12.0. The number of benzene rings is 1. The smallest absolute Gasteiger partial charge is 0.404 e. The van der Waals surface area contributed by atoms with Gasteiger partial charge in [0.1, 0.15) is 0 Å². The third-order valence-electron chi connectivity index (χ3n) is 1.79. The van der Waals surface area contributed by atoms with Gasteiger partial charge in [-0.05, 0) is 12.1 Å². The van der Waals surface area contributed by atoms with Gasteiger partial charge >= 0.3 is 18.4 Å². The molecule has 18 heavy (non-hydrogen) atoms. The van der Waals surface area contributed by atoms with Crippen LogP contribution in [0.15, 0.2) is 28.7 Å². The van der Waals surface area contributed by atoms with Crippen molar-refractivity contribution in [1.29, 1.82) is 0 Å². The predicted molar refractivity (Wildman–Crippen MR) is 55.1 cm³/mol. The van der Waals surface area contributed by atoms with E-state index in [0.717, 1.165) is 6.07 Å². The zero-order chi connectivity index (χ0) is 13.2. The molecule has 0 saturated carbocycles. The van der Waals surface area contributed by atoms with Gasteiger partial charge in [-0.25, -0.2) is 0 Å². The van der Waals surface area contributed by atoms with Gasteiger partial charge in [0.2, 0.25) is 0 Å². The number of hydrogen-bond acceptors (Lipinski definition) is 6. The highest BCUT2D eigenvalue weighted by molar-refractivity contribution is 5.61. The van der Waals surface area contributed by atoms with E-state index >= 15 is 0 Å². The molecule has 0 spiro atoms. The molecular weight excluding hydrogens is 253 g/mol. The predicted octanol–water partition coefficient (Wildman–Crippen LogP) is 2.29. The van der Waals surface area contributed by atoms with Crippen molar-refractivity contribution < 1.29 is 22.3 Å². The zero-order valence-electron chi connectivity index (χ0n) is 8.73. The van der Waals surface area contributed by atoms with Crippen molar-refractivity contribution in [3.8, 4) is 5.75 Å². The standard InChI is InChI=1S/C9H7F3N4O2/c10-9(11,12)18-6-4-2-1-3-5(6)14-8-16-15-7(13)17-8/h1-4H,(H2,13,15)(H,14,16). The number of rotatable bonds is 3. The molecule has 1 aromatic heterocycles. The minimum absolute atomic E-state index is 0.0264. The van der Waals surface area contributed by atoms with Crippen LogP contribution in [0.5, 0.6) is 5.75 Å². The van der Waals surface area contributed by atoms with Crippen molar-refractivity contribution in [3.05, 3.63) is 24.3 Å². The van der Waals surface area contributed by atoms with Gasteiger partial charge in [0.05, 0.1) is 5.69 Å². The lowest BCUT2D eigenvalue weighted by Crippen LogP contribution is -2.17. The summed E-state index contributed by atoms with van der Waals surface area (Å²) in [7, 11) is 0. The molecule has 0 fully saturated rings. The number of hydrogen-bond donors (Lipinski definition) is 2. The molecule has 0 aliphatic heterocycles. The van der Waals surface area contributed by atoms with Gasteiger partial charge in [0.15, 0.2) is 5.75 Å². The minimum Gasteiger partial charge on any atom is -0.404 e. The molecule has 3 N–H and O–H groups in total. The maximum Gasteiger partial charge on any atom is 0.573 e. The van der Waals surface area contributed by atoms with Crippen molar-refractivity contribution in [2.45, 2.75) is 6.36 Å². The molecule has 0 radical (unpaired) electrons. The molecule has 0 amide bonds. The van der Waals surface area contributed by atoms with Crippen LogP contribution in [-0.2, 0) is 0 Å². The number of nitrogen functional groups attached to an aromatic ring is 1. The Bertz CT molecular complexity index is 541. The number of alkyl halides is 3. The summed E-state index contributed by atoms with van der Waals surface area (Å²) in [6.45, 7) is 0. The molecule has 0 aliphatic rings.